The third-order valence-corrected chi connectivity index (χ3v) is 5.30. The maximum absolute atomic E-state index is 3.78. The molecule has 1 aliphatic heterocycles. The number of hydrogen-bond donors (Lipinski definition) is 1. The number of hydrogen-bond acceptors (Lipinski definition) is 2. The Morgan fingerprint density at radius 2 is 1.79 bits per heavy atom. The highest BCUT2D eigenvalue weighted by molar-refractivity contribution is 4.90. The van der Waals surface area contributed by atoms with Crippen molar-refractivity contribution in [3.05, 3.63) is 0 Å². The first-order valence-electron chi connectivity index (χ1n) is 8.52. The molecule has 0 aromatic carbocycles. The smallest absolute Gasteiger partial charge is 0.0221 e. The Bertz CT molecular complexity index is 241. The lowest BCUT2D eigenvalue weighted by Crippen LogP contribution is -2.60. The molecule has 0 aromatic rings. The standard InChI is InChI=1S/C17H36N2/c1-7-13(4)10-15(6)19-12-17(14(5)8-2)18-11-16(19)9-3/h13-18H,7-12H2,1-6H3. The van der Waals surface area contributed by atoms with Crippen LogP contribution in [0, 0.1) is 11.8 Å². The first kappa shape index (κ1) is 17.0. The van der Waals surface area contributed by atoms with E-state index in [1.165, 1.54) is 38.8 Å². The summed E-state index contributed by atoms with van der Waals surface area (Å²) in [7, 11) is 0. The van der Waals surface area contributed by atoms with E-state index in [0.29, 0.717) is 6.04 Å². The van der Waals surface area contributed by atoms with Gasteiger partial charge < -0.3 is 5.32 Å². The second-order valence-electron chi connectivity index (χ2n) is 6.76. The van der Waals surface area contributed by atoms with Crippen molar-refractivity contribution in [2.24, 2.45) is 11.8 Å². The summed E-state index contributed by atoms with van der Waals surface area (Å²) in [6.07, 6.45) is 5.20. The summed E-state index contributed by atoms with van der Waals surface area (Å²) in [5.74, 6) is 1.64. The predicted octanol–water partition coefficient (Wildman–Crippen LogP) is 3.91. The lowest BCUT2D eigenvalue weighted by Gasteiger charge is -2.45. The maximum Gasteiger partial charge on any atom is 0.0221 e. The van der Waals surface area contributed by atoms with Crippen LogP contribution in [0.15, 0.2) is 0 Å². The van der Waals surface area contributed by atoms with Crippen LogP contribution >= 0.6 is 0 Å². The second-order valence-corrected chi connectivity index (χ2v) is 6.76. The molecule has 0 bridgehead atoms. The van der Waals surface area contributed by atoms with E-state index in [0.717, 1.165) is 23.9 Å². The van der Waals surface area contributed by atoms with Gasteiger partial charge in [-0.05, 0) is 31.6 Å². The van der Waals surface area contributed by atoms with Gasteiger partial charge in [-0.15, -0.1) is 0 Å². The van der Waals surface area contributed by atoms with Crippen molar-refractivity contribution in [2.75, 3.05) is 13.1 Å². The SMILES string of the molecule is CCC(C)CC(C)N1CC(C(C)CC)NCC1CC. The summed E-state index contributed by atoms with van der Waals surface area (Å²) in [4.78, 5) is 2.79. The summed E-state index contributed by atoms with van der Waals surface area (Å²) in [6, 6.07) is 2.15. The van der Waals surface area contributed by atoms with Crippen LogP contribution < -0.4 is 5.32 Å². The van der Waals surface area contributed by atoms with Crippen molar-refractivity contribution in [2.45, 2.75) is 85.4 Å². The fourth-order valence-corrected chi connectivity index (χ4v) is 3.31. The van der Waals surface area contributed by atoms with Crippen molar-refractivity contribution < 1.29 is 0 Å². The average Bonchev–Trinajstić information content (AvgIpc) is 2.45. The molecule has 5 unspecified atom stereocenters. The minimum absolute atomic E-state index is 0.687. The van der Waals surface area contributed by atoms with Crippen LogP contribution in [0.4, 0.5) is 0 Å². The number of piperazine rings is 1. The molecule has 2 nitrogen and oxygen atoms in total. The van der Waals surface area contributed by atoms with Gasteiger partial charge in [0.15, 0.2) is 0 Å². The van der Waals surface area contributed by atoms with Gasteiger partial charge in [-0.1, -0.05) is 47.5 Å². The molecule has 2 heteroatoms. The third-order valence-electron chi connectivity index (χ3n) is 5.30. The van der Waals surface area contributed by atoms with E-state index in [1.54, 1.807) is 0 Å². The van der Waals surface area contributed by atoms with Gasteiger partial charge in [0.05, 0.1) is 0 Å². The Hall–Kier alpha value is -0.0800. The zero-order chi connectivity index (χ0) is 14.4. The molecule has 1 rings (SSSR count). The summed E-state index contributed by atoms with van der Waals surface area (Å²) in [5, 5.41) is 3.78. The largest absolute Gasteiger partial charge is 0.311 e. The van der Waals surface area contributed by atoms with Gasteiger partial charge in [0, 0.05) is 31.2 Å². The van der Waals surface area contributed by atoms with E-state index < -0.39 is 0 Å². The Kier molecular flexibility index (Phi) is 7.38. The minimum atomic E-state index is 0.687. The molecule has 19 heavy (non-hydrogen) atoms. The van der Waals surface area contributed by atoms with Crippen LogP contribution in [-0.4, -0.2) is 36.1 Å². The Balaban J connectivity index is 2.63. The van der Waals surface area contributed by atoms with Gasteiger partial charge in [-0.2, -0.15) is 0 Å². The molecule has 1 aliphatic rings. The van der Waals surface area contributed by atoms with E-state index >= 15 is 0 Å². The number of nitrogens with zero attached hydrogens (tertiary/aromatic N) is 1. The van der Waals surface area contributed by atoms with E-state index in [4.69, 9.17) is 0 Å². The van der Waals surface area contributed by atoms with Crippen molar-refractivity contribution in [1.82, 2.24) is 10.2 Å². The van der Waals surface area contributed by atoms with Crippen molar-refractivity contribution >= 4 is 0 Å². The highest BCUT2D eigenvalue weighted by atomic mass is 15.3. The molecule has 1 N–H and O–H groups in total. The lowest BCUT2D eigenvalue weighted by atomic mass is 9.91. The molecular formula is C17H36N2. The van der Waals surface area contributed by atoms with E-state index in [1.807, 2.05) is 0 Å². The first-order chi connectivity index (χ1) is 9.03. The zero-order valence-corrected chi connectivity index (χ0v) is 14.1. The minimum Gasteiger partial charge on any atom is -0.311 e. The van der Waals surface area contributed by atoms with Crippen molar-refractivity contribution in [1.29, 1.82) is 0 Å². The summed E-state index contributed by atoms with van der Waals surface area (Å²) >= 11 is 0. The monoisotopic (exact) mass is 268 g/mol. The van der Waals surface area contributed by atoms with Gasteiger partial charge in [0.2, 0.25) is 0 Å². The van der Waals surface area contributed by atoms with Crippen LogP contribution in [0.3, 0.4) is 0 Å². The molecule has 5 atom stereocenters. The fourth-order valence-electron chi connectivity index (χ4n) is 3.31. The number of nitrogens with one attached hydrogen (secondary N) is 1. The molecular weight excluding hydrogens is 232 g/mol. The van der Waals surface area contributed by atoms with Crippen LogP contribution in [0.2, 0.25) is 0 Å². The highest BCUT2D eigenvalue weighted by Crippen LogP contribution is 2.23. The summed E-state index contributed by atoms with van der Waals surface area (Å²) in [6.45, 7) is 16.6. The maximum atomic E-state index is 3.78. The van der Waals surface area contributed by atoms with Gasteiger partial charge in [0.1, 0.15) is 0 Å². The predicted molar refractivity (Wildman–Crippen MR) is 85.6 cm³/mol. The summed E-state index contributed by atoms with van der Waals surface area (Å²) < 4.78 is 0. The Morgan fingerprint density at radius 1 is 1.11 bits per heavy atom. The van der Waals surface area contributed by atoms with Gasteiger partial charge in [-0.25, -0.2) is 0 Å². The molecule has 0 aliphatic carbocycles. The van der Waals surface area contributed by atoms with Crippen LogP contribution in [-0.2, 0) is 0 Å². The second kappa shape index (κ2) is 8.26. The Morgan fingerprint density at radius 3 is 2.32 bits per heavy atom. The molecule has 114 valence electrons. The van der Waals surface area contributed by atoms with Crippen molar-refractivity contribution in [3.63, 3.8) is 0 Å². The van der Waals surface area contributed by atoms with E-state index in [9.17, 15) is 0 Å². The van der Waals surface area contributed by atoms with Crippen LogP contribution in [0.1, 0.15) is 67.2 Å². The first-order valence-corrected chi connectivity index (χ1v) is 8.52. The van der Waals surface area contributed by atoms with Gasteiger partial charge >= 0.3 is 0 Å². The number of rotatable bonds is 7. The summed E-state index contributed by atoms with van der Waals surface area (Å²) in [5.41, 5.74) is 0. The molecule has 0 radical (unpaired) electrons. The third kappa shape index (κ3) is 4.75. The van der Waals surface area contributed by atoms with Gasteiger partial charge in [-0.3, -0.25) is 4.90 Å². The highest BCUT2D eigenvalue weighted by Gasteiger charge is 2.32. The topological polar surface area (TPSA) is 15.3 Å². The van der Waals surface area contributed by atoms with Gasteiger partial charge in [0.25, 0.3) is 0 Å². The molecule has 0 saturated carbocycles. The molecule has 1 heterocycles. The molecule has 1 fully saturated rings. The normalized spacial score (nSPS) is 30.0. The Labute approximate surface area is 121 Å². The van der Waals surface area contributed by atoms with Crippen LogP contribution in [0.25, 0.3) is 0 Å². The molecule has 0 spiro atoms. The lowest BCUT2D eigenvalue weighted by molar-refractivity contribution is 0.0611. The van der Waals surface area contributed by atoms with E-state index in [-0.39, 0.29) is 0 Å². The van der Waals surface area contributed by atoms with Crippen LogP contribution in [0.5, 0.6) is 0 Å². The molecule has 1 saturated heterocycles. The molecule has 0 amide bonds. The van der Waals surface area contributed by atoms with E-state index in [2.05, 4.69) is 51.8 Å². The molecule has 0 aromatic heterocycles. The van der Waals surface area contributed by atoms with Crippen molar-refractivity contribution in [3.8, 4) is 0 Å². The average molecular weight is 268 g/mol. The zero-order valence-electron chi connectivity index (χ0n) is 14.1. The quantitative estimate of drug-likeness (QED) is 0.753. The fraction of sp³-hybridized carbons (Fsp3) is 1.00.